The van der Waals surface area contributed by atoms with Crippen LogP contribution in [0.3, 0.4) is 0 Å². The van der Waals surface area contributed by atoms with Crippen LogP contribution in [0.15, 0.2) is 24.3 Å². The first kappa shape index (κ1) is 8.34. The molecule has 0 amide bonds. The van der Waals surface area contributed by atoms with Crippen LogP contribution in [-0.2, 0) is 6.42 Å². The molecule has 0 aliphatic heterocycles. The lowest BCUT2D eigenvalue weighted by Crippen LogP contribution is -1.84. The standard InChI is InChI=1S/C8H8ClI/c9-6-5-7-1-3-8(10)4-2-7/h1-4H,5-6H2. The largest absolute Gasteiger partial charge is 0.126 e. The molecule has 0 spiro atoms. The SMILES string of the molecule is ClCCc1ccc(I)cc1. The number of hydrogen-bond donors (Lipinski definition) is 0. The van der Waals surface area contributed by atoms with Crippen molar-refractivity contribution in [2.24, 2.45) is 0 Å². The summed E-state index contributed by atoms with van der Waals surface area (Å²) in [7, 11) is 0. The molecule has 0 N–H and O–H groups in total. The van der Waals surface area contributed by atoms with Crippen molar-refractivity contribution in [3.8, 4) is 0 Å². The van der Waals surface area contributed by atoms with Gasteiger partial charge in [-0.15, -0.1) is 11.6 Å². The summed E-state index contributed by atoms with van der Waals surface area (Å²) in [6.07, 6.45) is 0.971. The Morgan fingerprint density at radius 3 is 2.30 bits per heavy atom. The second-order valence-electron chi connectivity index (χ2n) is 2.07. The van der Waals surface area contributed by atoms with Crippen molar-refractivity contribution in [3.63, 3.8) is 0 Å². The number of alkyl halides is 1. The fourth-order valence-electron chi connectivity index (χ4n) is 0.760. The number of aryl methyl sites for hydroxylation is 1. The zero-order chi connectivity index (χ0) is 7.40. The summed E-state index contributed by atoms with van der Waals surface area (Å²) in [5.74, 6) is 0.709. The van der Waals surface area contributed by atoms with Gasteiger partial charge in [-0.2, -0.15) is 0 Å². The van der Waals surface area contributed by atoms with Crippen LogP contribution in [0.2, 0.25) is 0 Å². The van der Waals surface area contributed by atoms with Crippen LogP contribution in [0, 0.1) is 3.57 Å². The van der Waals surface area contributed by atoms with Gasteiger partial charge in [-0.1, -0.05) is 12.1 Å². The minimum Gasteiger partial charge on any atom is -0.126 e. The average molecular weight is 267 g/mol. The van der Waals surface area contributed by atoms with Gasteiger partial charge in [-0.25, -0.2) is 0 Å². The summed E-state index contributed by atoms with van der Waals surface area (Å²) in [5, 5.41) is 0. The molecule has 0 saturated heterocycles. The molecule has 1 rings (SSSR count). The van der Waals surface area contributed by atoms with E-state index in [4.69, 9.17) is 11.6 Å². The van der Waals surface area contributed by atoms with Gasteiger partial charge in [0.25, 0.3) is 0 Å². The van der Waals surface area contributed by atoms with Crippen LogP contribution in [0.4, 0.5) is 0 Å². The summed E-state index contributed by atoms with van der Waals surface area (Å²) in [6.45, 7) is 0. The molecule has 0 radical (unpaired) electrons. The highest BCUT2D eigenvalue weighted by atomic mass is 127. The number of benzene rings is 1. The Hall–Kier alpha value is 0.240. The van der Waals surface area contributed by atoms with Crippen LogP contribution in [0.25, 0.3) is 0 Å². The second kappa shape index (κ2) is 4.19. The molecule has 2 heteroatoms. The molecule has 0 aliphatic rings. The van der Waals surface area contributed by atoms with Gasteiger partial charge in [0.05, 0.1) is 0 Å². The quantitative estimate of drug-likeness (QED) is 0.570. The normalized spacial score (nSPS) is 9.80. The predicted octanol–water partition coefficient (Wildman–Crippen LogP) is 3.07. The lowest BCUT2D eigenvalue weighted by atomic mass is 10.2. The molecule has 0 fully saturated rings. The van der Waals surface area contributed by atoms with Crippen LogP contribution < -0.4 is 0 Å². The van der Waals surface area contributed by atoms with Crippen LogP contribution in [-0.4, -0.2) is 5.88 Å². The van der Waals surface area contributed by atoms with Gasteiger partial charge in [0.15, 0.2) is 0 Å². The highest BCUT2D eigenvalue weighted by molar-refractivity contribution is 14.1. The number of halogens is 2. The summed E-state index contributed by atoms with van der Waals surface area (Å²) in [5.41, 5.74) is 1.32. The summed E-state index contributed by atoms with van der Waals surface area (Å²) < 4.78 is 1.27. The van der Waals surface area contributed by atoms with Crippen molar-refractivity contribution in [2.45, 2.75) is 6.42 Å². The zero-order valence-electron chi connectivity index (χ0n) is 5.48. The van der Waals surface area contributed by atoms with Crippen molar-refractivity contribution >= 4 is 34.2 Å². The van der Waals surface area contributed by atoms with E-state index in [0.29, 0.717) is 5.88 Å². The Balaban J connectivity index is 2.69. The molecular weight excluding hydrogens is 258 g/mol. The Labute approximate surface area is 79.7 Å². The lowest BCUT2D eigenvalue weighted by molar-refractivity contribution is 1.15. The maximum atomic E-state index is 5.57. The molecule has 0 unspecified atom stereocenters. The topological polar surface area (TPSA) is 0 Å². The molecule has 10 heavy (non-hydrogen) atoms. The van der Waals surface area contributed by atoms with Crippen molar-refractivity contribution in [1.82, 2.24) is 0 Å². The van der Waals surface area contributed by atoms with E-state index in [1.807, 2.05) is 0 Å². The third-order valence-electron chi connectivity index (χ3n) is 1.30. The smallest absolute Gasteiger partial charge is 0.0263 e. The van der Waals surface area contributed by atoms with Gasteiger partial charge in [-0.05, 0) is 46.7 Å². The first-order valence-electron chi connectivity index (χ1n) is 3.13. The second-order valence-corrected chi connectivity index (χ2v) is 3.69. The van der Waals surface area contributed by atoms with E-state index in [2.05, 4.69) is 46.9 Å². The highest BCUT2D eigenvalue weighted by Gasteiger charge is 1.89. The van der Waals surface area contributed by atoms with E-state index in [0.717, 1.165) is 6.42 Å². The monoisotopic (exact) mass is 266 g/mol. The molecule has 0 aliphatic carbocycles. The minimum atomic E-state index is 0.709. The van der Waals surface area contributed by atoms with Crippen LogP contribution in [0.1, 0.15) is 5.56 Å². The fraction of sp³-hybridized carbons (Fsp3) is 0.250. The first-order chi connectivity index (χ1) is 4.83. The van der Waals surface area contributed by atoms with Crippen molar-refractivity contribution < 1.29 is 0 Å². The van der Waals surface area contributed by atoms with Gasteiger partial charge < -0.3 is 0 Å². The summed E-state index contributed by atoms with van der Waals surface area (Å²) >= 11 is 7.87. The van der Waals surface area contributed by atoms with Crippen molar-refractivity contribution in [2.75, 3.05) is 5.88 Å². The van der Waals surface area contributed by atoms with E-state index >= 15 is 0 Å². The third-order valence-corrected chi connectivity index (χ3v) is 2.20. The molecule has 0 atom stereocenters. The summed E-state index contributed by atoms with van der Waals surface area (Å²) in [4.78, 5) is 0. The van der Waals surface area contributed by atoms with Crippen LogP contribution >= 0.6 is 34.2 Å². The van der Waals surface area contributed by atoms with Gasteiger partial charge in [0, 0.05) is 9.45 Å². The fourth-order valence-corrected chi connectivity index (χ4v) is 1.34. The maximum Gasteiger partial charge on any atom is 0.0263 e. The maximum absolute atomic E-state index is 5.57. The Kier molecular flexibility index (Phi) is 3.49. The zero-order valence-corrected chi connectivity index (χ0v) is 8.39. The van der Waals surface area contributed by atoms with E-state index in [1.165, 1.54) is 9.13 Å². The molecule has 0 heterocycles. The van der Waals surface area contributed by atoms with E-state index in [-0.39, 0.29) is 0 Å². The Bertz CT molecular complexity index is 193. The van der Waals surface area contributed by atoms with E-state index < -0.39 is 0 Å². The van der Waals surface area contributed by atoms with Crippen molar-refractivity contribution in [3.05, 3.63) is 33.4 Å². The molecule has 0 nitrogen and oxygen atoms in total. The first-order valence-corrected chi connectivity index (χ1v) is 4.74. The molecular formula is C8H8ClI. The molecule has 0 bridgehead atoms. The van der Waals surface area contributed by atoms with E-state index in [9.17, 15) is 0 Å². The highest BCUT2D eigenvalue weighted by Crippen LogP contribution is 2.07. The van der Waals surface area contributed by atoms with Crippen molar-refractivity contribution in [1.29, 1.82) is 0 Å². The molecule has 1 aromatic rings. The average Bonchev–Trinajstić information content (AvgIpc) is 1.95. The number of hydrogen-bond acceptors (Lipinski definition) is 0. The molecule has 54 valence electrons. The van der Waals surface area contributed by atoms with E-state index in [1.54, 1.807) is 0 Å². The van der Waals surface area contributed by atoms with Gasteiger partial charge in [0.2, 0.25) is 0 Å². The van der Waals surface area contributed by atoms with Crippen LogP contribution in [0.5, 0.6) is 0 Å². The predicted molar refractivity (Wildman–Crippen MR) is 53.6 cm³/mol. The molecule has 0 saturated carbocycles. The Morgan fingerprint density at radius 1 is 1.20 bits per heavy atom. The number of rotatable bonds is 2. The van der Waals surface area contributed by atoms with Gasteiger partial charge in [-0.3, -0.25) is 0 Å². The Morgan fingerprint density at radius 2 is 1.80 bits per heavy atom. The third kappa shape index (κ3) is 2.46. The summed E-state index contributed by atoms with van der Waals surface area (Å²) in [6, 6.07) is 8.43. The minimum absolute atomic E-state index is 0.709. The van der Waals surface area contributed by atoms with Gasteiger partial charge >= 0.3 is 0 Å². The molecule has 0 aromatic heterocycles. The lowest BCUT2D eigenvalue weighted by Gasteiger charge is -1.95. The van der Waals surface area contributed by atoms with Gasteiger partial charge in [0.1, 0.15) is 0 Å². The molecule has 1 aromatic carbocycles.